The van der Waals surface area contributed by atoms with Gasteiger partial charge < -0.3 is 10.6 Å². The van der Waals surface area contributed by atoms with Crippen LogP contribution in [0.2, 0.25) is 0 Å². The zero-order chi connectivity index (χ0) is 7.90. The predicted octanol–water partition coefficient (Wildman–Crippen LogP) is 0.820. The molecule has 1 heterocycles. The Morgan fingerprint density at radius 3 is 2.73 bits per heavy atom. The molecule has 0 radical (unpaired) electrons. The maximum absolute atomic E-state index is 6.11. The van der Waals surface area contributed by atoms with E-state index in [1.54, 1.807) is 0 Å². The maximum atomic E-state index is 6.11. The van der Waals surface area contributed by atoms with Crippen molar-refractivity contribution in [3.63, 3.8) is 0 Å². The van der Waals surface area contributed by atoms with E-state index >= 15 is 0 Å². The van der Waals surface area contributed by atoms with Crippen LogP contribution in [0.25, 0.3) is 0 Å². The molecule has 0 aromatic rings. The largest absolute Gasteiger partial charge is 0.327 e. The van der Waals surface area contributed by atoms with Gasteiger partial charge in [0.15, 0.2) is 0 Å². The summed E-state index contributed by atoms with van der Waals surface area (Å²) in [6, 6.07) is 0.493. The van der Waals surface area contributed by atoms with E-state index in [0.717, 1.165) is 0 Å². The van der Waals surface area contributed by atoms with Crippen LogP contribution in [0.15, 0.2) is 0 Å². The quantitative estimate of drug-likeness (QED) is 0.559. The van der Waals surface area contributed by atoms with Gasteiger partial charge in [0.1, 0.15) is 0 Å². The number of hydrogen-bond acceptors (Lipinski definition) is 2. The summed E-state index contributed by atoms with van der Waals surface area (Å²) in [5.41, 5.74) is 6.63. The van der Waals surface area contributed by atoms with Crippen molar-refractivity contribution in [2.45, 2.75) is 31.7 Å². The van der Waals surface area contributed by atoms with E-state index in [-0.39, 0.29) is 0 Å². The van der Waals surface area contributed by atoms with Gasteiger partial charge in [-0.3, -0.25) is 0 Å². The zero-order valence-electron chi connectivity index (χ0n) is 7.34. The average Bonchev–Trinajstić information content (AvgIpc) is 2.46. The Morgan fingerprint density at radius 1 is 1.45 bits per heavy atom. The van der Waals surface area contributed by atoms with Crippen LogP contribution in [0.1, 0.15) is 25.7 Å². The third-order valence-corrected chi connectivity index (χ3v) is 3.55. The van der Waals surface area contributed by atoms with Gasteiger partial charge in [0.25, 0.3) is 0 Å². The Morgan fingerprint density at radius 2 is 2.27 bits per heavy atom. The molecule has 1 saturated heterocycles. The number of nitrogens with zero attached hydrogens (tertiary/aromatic N) is 1. The summed E-state index contributed by atoms with van der Waals surface area (Å²) in [5, 5.41) is 0. The first-order valence-electron chi connectivity index (χ1n) is 4.67. The number of likely N-dealkylation sites (tertiary alicyclic amines) is 1. The van der Waals surface area contributed by atoms with Crippen molar-refractivity contribution >= 4 is 0 Å². The minimum absolute atomic E-state index is 0.493. The van der Waals surface area contributed by atoms with Crippen molar-refractivity contribution in [2.24, 2.45) is 11.1 Å². The van der Waals surface area contributed by atoms with E-state index in [1.165, 1.54) is 38.8 Å². The highest BCUT2D eigenvalue weighted by molar-refractivity contribution is 5.00. The monoisotopic (exact) mass is 154 g/mol. The van der Waals surface area contributed by atoms with Gasteiger partial charge >= 0.3 is 0 Å². The number of hydrogen-bond donors (Lipinski definition) is 1. The average molecular weight is 154 g/mol. The third kappa shape index (κ3) is 1.09. The lowest BCUT2D eigenvalue weighted by molar-refractivity contribution is 0.258. The van der Waals surface area contributed by atoms with Crippen molar-refractivity contribution in [1.29, 1.82) is 0 Å². The number of rotatable bonds is 0. The fraction of sp³-hybridized carbons (Fsp3) is 1.00. The van der Waals surface area contributed by atoms with Crippen molar-refractivity contribution in [3.8, 4) is 0 Å². The molecule has 1 aliphatic carbocycles. The molecule has 1 aliphatic heterocycles. The van der Waals surface area contributed by atoms with Gasteiger partial charge in [-0.25, -0.2) is 0 Å². The van der Waals surface area contributed by atoms with E-state index in [4.69, 9.17) is 5.73 Å². The fourth-order valence-corrected chi connectivity index (χ4v) is 2.78. The molecule has 1 saturated carbocycles. The predicted molar refractivity (Wildman–Crippen MR) is 46.4 cm³/mol. The van der Waals surface area contributed by atoms with Gasteiger partial charge in [-0.1, -0.05) is 6.42 Å². The van der Waals surface area contributed by atoms with Gasteiger partial charge in [0.05, 0.1) is 0 Å². The van der Waals surface area contributed by atoms with Gasteiger partial charge in [-0.2, -0.15) is 0 Å². The van der Waals surface area contributed by atoms with Gasteiger partial charge in [0, 0.05) is 12.6 Å². The normalized spacial score (nSPS) is 45.8. The fourth-order valence-electron chi connectivity index (χ4n) is 2.78. The molecule has 0 aromatic heterocycles. The van der Waals surface area contributed by atoms with Crippen LogP contribution in [0.5, 0.6) is 0 Å². The highest BCUT2D eigenvalue weighted by atomic mass is 15.1. The van der Waals surface area contributed by atoms with E-state index < -0.39 is 0 Å². The minimum Gasteiger partial charge on any atom is -0.327 e. The molecule has 0 amide bonds. The van der Waals surface area contributed by atoms with Crippen LogP contribution in [0.4, 0.5) is 0 Å². The highest BCUT2D eigenvalue weighted by Gasteiger charge is 2.44. The Balaban J connectivity index is 2.10. The second-order valence-electron chi connectivity index (χ2n) is 4.35. The molecule has 0 bridgehead atoms. The molecule has 64 valence electrons. The first kappa shape index (κ1) is 7.56. The molecule has 0 aromatic carbocycles. The molecule has 2 atom stereocenters. The zero-order valence-corrected chi connectivity index (χ0v) is 7.34. The molecule has 2 fully saturated rings. The molecule has 2 unspecified atom stereocenters. The summed E-state index contributed by atoms with van der Waals surface area (Å²) in [4.78, 5) is 2.42. The topological polar surface area (TPSA) is 29.3 Å². The van der Waals surface area contributed by atoms with E-state index in [2.05, 4.69) is 11.9 Å². The van der Waals surface area contributed by atoms with Gasteiger partial charge in [0.2, 0.25) is 0 Å². The molecule has 2 nitrogen and oxygen atoms in total. The third-order valence-electron chi connectivity index (χ3n) is 3.55. The van der Waals surface area contributed by atoms with Crippen molar-refractivity contribution < 1.29 is 0 Å². The lowest BCUT2D eigenvalue weighted by Gasteiger charge is -2.27. The molecule has 2 N–H and O–H groups in total. The lowest BCUT2D eigenvalue weighted by atomic mass is 9.82. The summed E-state index contributed by atoms with van der Waals surface area (Å²) in [6.07, 6.45) is 5.33. The maximum Gasteiger partial charge on any atom is 0.0108 e. The number of nitrogens with two attached hydrogens (primary N) is 1. The molecule has 2 heteroatoms. The van der Waals surface area contributed by atoms with Crippen LogP contribution in [0, 0.1) is 5.41 Å². The Labute approximate surface area is 68.7 Å². The molecule has 2 rings (SSSR count). The summed E-state index contributed by atoms with van der Waals surface area (Å²) >= 11 is 0. The molecule has 2 aliphatic rings. The highest BCUT2D eigenvalue weighted by Crippen LogP contribution is 2.43. The summed E-state index contributed by atoms with van der Waals surface area (Å²) in [6.45, 7) is 2.50. The van der Waals surface area contributed by atoms with Crippen LogP contribution in [-0.4, -0.2) is 31.1 Å². The van der Waals surface area contributed by atoms with E-state index in [0.29, 0.717) is 11.5 Å². The molecular formula is C9H18N2. The van der Waals surface area contributed by atoms with Crippen molar-refractivity contribution in [2.75, 3.05) is 20.1 Å². The SMILES string of the molecule is CN1CCC2(CCCC2N)C1. The van der Waals surface area contributed by atoms with Crippen LogP contribution in [-0.2, 0) is 0 Å². The summed E-state index contributed by atoms with van der Waals surface area (Å²) < 4.78 is 0. The van der Waals surface area contributed by atoms with Gasteiger partial charge in [-0.05, 0) is 38.3 Å². The standard InChI is InChI=1S/C9H18N2/c1-11-6-5-9(7-11)4-2-3-8(9)10/h8H,2-7,10H2,1H3. The van der Waals surface area contributed by atoms with Crippen molar-refractivity contribution in [1.82, 2.24) is 4.90 Å². The van der Waals surface area contributed by atoms with Crippen LogP contribution >= 0.6 is 0 Å². The smallest absolute Gasteiger partial charge is 0.0108 e. The molecule has 11 heavy (non-hydrogen) atoms. The van der Waals surface area contributed by atoms with Gasteiger partial charge in [-0.15, -0.1) is 0 Å². The molecular weight excluding hydrogens is 136 g/mol. The second-order valence-corrected chi connectivity index (χ2v) is 4.35. The van der Waals surface area contributed by atoms with E-state index in [1.807, 2.05) is 0 Å². The minimum atomic E-state index is 0.493. The van der Waals surface area contributed by atoms with Crippen molar-refractivity contribution in [3.05, 3.63) is 0 Å². The van der Waals surface area contributed by atoms with Crippen LogP contribution in [0.3, 0.4) is 0 Å². The Bertz CT molecular complexity index is 158. The first-order chi connectivity index (χ1) is 5.23. The molecule has 1 spiro atoms. The summed E-state index contributed by atoms with van der Waals surface area (Å²) in [7, 11) is 2.21. The first-order valence-corrected chi connectivity index (χ1v) is 4.67. The Hall–Kier alpha value is -0.0800. The van der Waals surface area contributed by atoms with Crippen LogP contribution < -0.4 is 5.73 Å². The second kappa shape index (κ2) is 2.46. The summed E-state index contributed by atoms with van der Waals surface area (Å²) in [5.74, 6) is 0. The van der Waals surface area contributed by atoms with E-state index in [9.17, 15) is 0 Å². The Kier molecular flexibility index (Phi) is 1.69. The lowest BCUT2D eigenvalue weighted by Crippen LogP contribution is -2.38.